The first-order chi connectivity index (χ1) is 15.1. The predicted molar refractivity (Wildman–Crippen MR) is 144 cm³/mol. The topological polar surface area (TPSA) is 26.3 Å². The lowest BCUT2D eigenvalue weighted by atomic mass is 9.95. The molecule has 2 heterocycles. The monoisotopic (exact) mass is 452 g/mol. The Kier molecular flexibility index (Phi) is 3.94. The van der Waals surface area contributed by atoms with Crippen molar-refractivity contribution in [3.8, 4) is 0 Å². The van der Waals surface area contributed by atoms with Crippen molar-refractivity contribution in [2.24, 2.45) is 0 Å². The molecular formula is C28H28O2Si2. The lowest BCUT2D eigenvalue weighted by Crippen LogP contribution is -2.36. The quantitative estimate of drug-likeness (QED) is 0.198. The second-order valence-electron chi connectivity index (χ2n) is 11.1. The summed E-state index contributed by atoms with van der Waals surface area (Å²) in [5.41, 5.74) is 1.99. The van der Waals surface area contributed by atoms with E-state index in [0.717, 1.165) is 11.2 Å². The molecule has 0 aliphatic carbocycles. The van der Waals surface area contributed by atoms with Crippen molar-refractivity contribution < 1.29 is 8.83 Å². The fourth-order valence-electron chi connectivity index (χ4n) is 4.82. The number of furan rings is 2. The van der Waals surface area contributed by atoms with E-state index < -0.39 is 16.1 Å². The number of benzene rings is 4. The van der Waals surface area contributed by atoms with Crippen LogP contribution in [0.5, 0.6) is 0 Å². The number of hydrogen-bond acceptors (Lipinski definition) is 2. The van der Waals surface area contributed by atoms with Gasteiger partial charge >= 0.3 is 0 Å². The van der Waals surface area contributed by atoms with Gasteiger partial charge in [-0.2, -0.15) is 0 Å². The van der Waals surface area contributed by atoms with Gasteiger partial charge in [0.05, 0.1) is 10.8 Å². The Hall–Kier alpha value is -2.83. The first-order valence-corrected chi connectivity index (χ1v) is 18.4. The largest absolute Gasteiger partial charge is 0.466 e. The zero-order chi connectivity index (χ0) is 22.4. The van der Waals surface area contributed by atoms with Crippen LogP contribution in [0.2, 0.25) is 39.3 Å². The second-order valence-corrected chi connectivity index (χ2v) is 21.1. The van der Waals surface area contributed by atoms with Gasteiger partial charge in [-0.1, -0.05) is 75.7 Å². The summed E-state index contributed by atoms with van der Waals surface area (Å²) in [7, 11) is -3.01. The van der Waals surface area contributed by atoms with E-state index >= 15 is 0 Å². The molecule has 0 N–H and O–H groups in total. The molecule has 4 aromatic carbocycles. The van der Waals surface area contributed by atoms with E-state index in [-0.39, 0.29) is 0 Å². The minimum atomic E-state index is -1.50. The second kappa shape index (κ2) is 6.36. The van der Waals surface area contributed by atoms with E-state index in [1.54, 1.807) is 0 Å². The van der Waals surface area contributed by atoms with Crippen molar-refractivity contribution in [2.75, 3.05) is 0 Å². The molecular weight excluding hydrogens is 424 g/mol. The Morgan fingerprint density at radius 3 is 1.00 bits per heavy atom. The zero-order valence-corrected chi connectivity index (χ0v) is 21.6. The van der Waals surface area contributed by atoms with Crippen LogP contribution in [0.1, 0.15) is 0 Å². The molecule has 0 aliphatic rings. The maximum absolute atomic E-state index is 6.26. The van der Waals surface area contributed by atoms with Crippen molar-refractivity contribution in [3.63, 3.8) is 0 Å². The minimum Gasteiger partial charge on any atom is -0.466 e. The third kappa shape index (κ3) is 2.83. The highest BCUT2D eigenvalue weighted by Crippen LogP contribution is 2.37. The van der Waals surface area contributed by atoms with Crippen LogP contribution >= 0.6 is 0 Å². The first-order valence-electron chi connectivity index (χ1n) is 11.4. The Bertz CT molecular complexity index is 1560. The standard InChI is InChI=1S/C28H28O2Si2/c1-31(2,3)27-15-23-21-9-7-18-17(19(21)11-13-25(23)29-27)8-10-22-20(18)12-14-26-24(22)16-28(30-26)32(4,5)6/h7-16H,1-6H3. The lowest BCUT2D eigenvalue weighted by Gasteiger charge is -2.10. The molecule has 0 radical (unpaired) electrons. The van der Waals surface area contributed by atoms with Gasteiger partial charge in [-0.15, -0.1) is 0 Å². The molecule has 6 rings (SSSR count). The first kappa shape index (κ1) is 19.8. The number of fused-ring (bicyclic) bond motifs is 9. The molecule has 0 saturated heterocycles. The third-order valence-electron chi connectivity index (χ3n) is 6.67. The van der Waals surface area contributed by atoms with Gasteiger partial charge in [0.2, 0.25) is 0 Å². The molecule has 160 valence electrons. The summed E-state index contributed by atoms with van der Waals surface area (Å²) < 4.78 is 12.5. The van der Waals surface area contributed by atoms with Crippen LogP contribution in [0.25, 0.3) is 54.3 Å². The van der Waals surface area contributed by atoms with Crippen LogP contribution in [0.15, 0.2) is 69.5 Å². The van der Waals surface area contributed by atoms with Crippen LogP contribution < -0.4 is 10.8 Å². The SMILES string of the molecule is C[Si](C)(C)c1cc2c(ccc3c2ccc2c4ccc5oc([Si](C)(C)C)cc5c4ccc32)o1. The fourth-order valence-corrected chi connectivity index (χ4v) is 6.80. The number of hydrogen-bond donors (Lipinski definition) is 0. The average Bonchev–Trinajstić information content (AvgIpc) is 3.37. The molecule has 0 aliphatic heterocycles. The van der Waals surface area contributed by atoms with E-state index in [0.29, 0.717) is 0 Å². The van der Waals surface area contributed by atoms with Crippen LogP contribution in [0.4, 0.5) is 0 Å². The van der Waals surface area contributed by atoms with Crippen LogP contribution in [-0.2, 0) is 0 Å². The Balaban J connectivity index is 1.66. The van der Waals surface area contributed by atoms with E-state index in [9.17, 15) is 0 Å². The summed E-state index contributed by atoms with van der Waals surface area (Å²) in [4.78, 5) is 0. The van der Waals surface area contributed by atoms with Gasteiger partial charge < -0.3 is 8.83 Å². The minimum absolute atomic E-state index is 0.994. The van der Waals surface area contributed by atoms with Crippen molar-refractivity contribution in [2.45, 2.75) is 39.3 Å². The Morgan fingerprint density at radius 1 is 0.406 bits per heavy atom. The predicted octanol–water partition coefficient (Wildman–Crippen LogP) is 7.73. The van der Waals surface area contributed by atoms with Gasteiger partial charge in [-0.3, -0.25) is 0 Å². The smallest absolute Gasteiger partial charge is 0.134 e. The van der Waals surface area contributed by atoms with Crippen LogP contribution in [-0.4, -0.2) is 16.1 Å². The summed E-state index contributed by atoms with van der Waals surface area (Å²) in [6.07, 6.45) is 0. The maximum atomic E-state index is 6.26. The van der Waals surface area contributed by atoms with Crippen LogP contribution in [0, 0.1) is 0 Å². The molecule has 0 amide bonds. The van der Waals surface area contributed by atoms with E-state index in [4.69, 9.17) is 8.83 Å². The normalized spacial score (nSPS) is 13.3. The molecule has 32 heavy (non-hydrogen) atoms. The van der Waals surface area contributed by atoms with Crippen LogP contribution in [0.3, 0.4) is 0 Å². The van der Waals surface area contributed by atoms with Gasteiger partial charge in [0.15, 0.2) is 0 Å². The van der Waals surface area contributed by atoms with E-state index in [2.05, 4.69) is 99.9 Å². The summed E-state index contributed by atoms with van der Waals surface area (Å²) in [6.45, 7) is 14.0. The molecule has 0 bridgehead atoms. The molecule has 0 spiro atoms. The van der Waals surface area contributed by atoms with E-state index in [1.165, 1.54) is 53.9 Å². The summed E-state index contributed by atoms with van der Waals surface area (Å²) in [5.74, 6) is 0. The van der Waals surface area contributed by atoms with Gasteiger partial charge in [0.25, 0.3) is 0 Å². The van der Waals surface area contributed by atoms with Crippen molar-refractivity contribution in [1.29, 1.82) is 0 Å². The molecule has 4 heteroatoms. The highest BCUT2D eigenvalue weighted by Gasteiger charge is 2.24. The maximum Gasteiger partial charge on any atom is 0.134 e. The molecule has 6 aromatic rings. The lowest BCUT2D eigenvalue weighted by molar-refractivity contribution is 0.648. The van der Waals surface area contributed by atoms with Crippen molar-refractivity contribution >= 4 is 81.2 Å². The summed E-state index contributed by atoms with van der Waals surface area (Å²) >= 11 is 0. The Labute approximate surface area is 189 Å². The highest BCUT2D eigenvalue weighted by atomic mass is 28.3. The van der Waals surface area contributed by atoms with Crippen molar-refractivity contribution in [3.05, 3.63) is 60.7 Å². The highest BCUT2D eigenvalue weighted by molar-refractivity contribution is 6.88. The van der Waals surface area contributed by atoms with Gasteiger partial charge in [-0.05, 0) is 56.6 Å². The Morgan fingerprint density at radius 2 is 0.688 bits per heavy atom. The molecule has 0 saturated carbocycles. The fraction of sp³-hybridized carbons (Fsp3) is 0.214. The van der Waals surface area contributed by atoms with Gasteiger partial charge in [-0.25, -0.2) is 0 Å². The molecule has 2 aromatic heterocycles. The number of rotatable bonds is 2. The third-order valence-corrected chi connectivity index (χ3v) is 10.1. The summed E-state index contributed by atoms with van der Waals surface area (Å²) in [5, 5.41) is 12.5. The molecule has 0 unspecified atom stereocenters. The van der Waals surface area contributed by atoms with Crippen molar-refractivity contribution in [1.82, 2.24) is 0 Å². The summed E-state index contributed by atoms with van der Waals surface area (Å²) in [6, 6.07) is 22.4. The zero-order valence-electron chi connectivity index (χ0n) is 19.6. The average molecular weight is 453 g/mol. The van der Waals surface area contributed by atoms with Gasteiger partial charge in [0, 0.05) is 10.8 Å². The molecule has 2 nitrogen and oxygen atoms in total. The van der Waals surface area contributed by atoms with E-state index in [1.807, 2.05) is 0 Å². The van der Waals surface area contributed by atoms with Gasteiger partial charge in [0.1, 0.15) is 27.3 Å². The molecule has 0 atom stereocenters. The molecule has 0 fully saturated rings.